The first-order chi connectivity index (χ1) is 19.6. The third-order valence-corrected chi connectivity index (χ3v) is 7.89. The number of thiazole rings is 1. The second kappa shape index (κ2) is 11.8. The number of nitrogens with zero attached hydrogens (tertiary/aromatic N) is 3. The Kier molecular flexibility index (Phi) is 7.68. The second-order valence-corrected chi connectivity index (χ2v) is 11.1. The summed E-state index contributed by atoms with van der Waals surface area (Å²) >= 11 is 1.61. The minimum absolute atomic E-state index is 0.161. The maximum atomic E-state index is 13.4. The molecule has 0 radical (unpaired) electrons. The van der Waals surface area contributed by atoms with Crippen LogP contribution in [0.1, 0.15) is 54.6 Å². The number of para-hydroxylation sites is 1. The van der Waals surface area contributed by atoms with Gasteiger partial charge in [0.1, 0.15) is 0 Å². The first kappa shape index (κ1) is 26.0. The Hall–Kier alpha value is -4.30. The number of fused-ring (bicyclic) bond motifs is 1. The molecule has 0 atom stereocenters. The molecule has 0 spiro atoms. The first-order valence-corrected chi connectivity index (χ1v) is 14.7. The Morgan fingerprint density at radius 1 is 0.925 bits per heavy atom. The highest BCUT2D eigenvalue weighted by Gasteiger charge is 2.22. The van der Waals surface area contributed by atoms with Crippen LogP contribution in [-0.2, 0) is 11.2 Å². The molecule has 0 bridgehead atoms. The van der Waals surface area contributed by atoms with Gasteiger partial charge in [-0.25, -0.2) is 9.97 Å². The molecule has 5 aromatic rings. The van der Waals surface area contributed by atoms with E-state index in [2.05, 4.69) is 33.8 Å². The lowest BCUT2D eigenvalue weighted by Crippen LogP contribution is -2.24. The first-order valence-electron chi connectivity index (χ1n) is 13.8. The summed E-state index contributed by atoms with van der Waals surface area (Å²) in [7, 11) is 0. The number of benzene rings is 3. The number of nitrogens with one attached hydrogen (secondary N) is 2. The molecule has 2 aromatic heterocycles. The summed E-state index contributed by atoms with van der Waals surface area (Å²) < 4.78 is 3.07. The van der Waals surface area contributed by atoms with E-state index < -0.39 is 0 Å². The quantitative estimate of drug-likeness (QED) is 0.178. The van der Waals surface area contributed by atoms with Gasteiger partial charge >= 0.3 is 0 Å². The Balaban J connectivity index is 1.14. The van der Waals surface area contributed by atoms with Crippen molar-refractivity contribution in [3.63, 3.8) is 0 Å². The average Bonchev–Trinajstić information content (AvgIpc) is 3.50. The van der Waals surface area contributed by atoms with E-state index in [1.54, 1.807) is 11.3 Å². The van der Waals surface area contributed by atoms with Crippen LogP contribution in [0.25, 0.3) is 27.0 Å². The van der Waals surface area contributed by atoms with Crippen molar-refractivity contribution in [3.05, 3.63) is 95.8 Å². The molecule has 40 heavy (non-hydrogen) atoms. The molecular formula is C32H31N5O2S. The molecule has 1 aliphatic rings. The average molecular weight is 550 g/mol. The van der Waals surface area contributed by atoms with Crippen molar-refractivity contribution in [1.29, 1.82) is 0 Å². The van der Waals surface area contributed by atoms with Crippen molar-refractivity contribution in [1.82, 2.24) is 19.9 Å². The molecule has 7 nitrogen and oxygen atoms in total. The summed E-state index contributed by atoms with van der Waals surface area (Å²) in [5.74, 6) is 0.436. The smallest absolute Gasteiger partial charge is 0.258 e. The number of aromatic nitrogens is 3. The molecule has 0 saturated heterocycles. The van der Waals surface area contributed by atoms with E-state index in [9.17, 15) is 9.59 Å². The van der Waals surface area contributed by atoms with Crippen LogP contribution in [0.5, 0.6) is 0 Å². The molecule has 202 valence electrons. The molecule has 0 aliphatic heterocycles. The van der Waals surface area contributed by atoms with Crippen LogP contribution in [0.4, 0.5) is 5.95 Å². The van der Waals surface area contributed by atoms with Crippen LogP contribution in [-0.4, -0.2) is 32.4 Å². The van der Waals surface area contributed by atoms with E-state index >= 15 is 0 Å². The van der Waals surface area contributed by atoms with E-state index in [1.807, 2.05) is 70.9 Å². The van der Waals surface area contributed by atoms with Gasteiger partial charge in [-0.3, -0.25) is 19.5 Å². The molecule has 3 aromatic carbocycles. The maximum Gasteiger partial charge on any atom is 0.258 e. The number of hydrogen-bond donors (Lipinski definition) is 2. The minimum Gasteiger partial charge on any atom is -0.353 e. The van der Waals surface area contributed by atoms with Crippen LogP contribution in [0, 0.1) is 0 Å². The molecule has 2 amide bonds. The van der Waals surface area contributed by atoms with Gasteiger partial charge in [0.05, 0.1) is 21.4 Å². The molecule has 1 saturated carbocycles. The Bertz CT molecular complexity index is 1640. The number of imidazole rings is 1. The predicted octanol–water partition coefficient (Wildman–Crippen LogP) is 6.78. The highest BCUT2D eigenvalue weighted by atomic mass is 32.1. The summed E-state index contributed by atoms with van der Waals surface area (Å²) in [6.45, 7) is 0. The van der Waals surface area contributed by atoms with E-state index in [-0.39, 0.29) is 11.8 Å². The SMILES string of the molecule is O=C(CCCCCc1cn(-c2ccccc2)c(NC(=O)c2cccc(-c3ccc4scnc4c3)c2)n1)NC1CC1. The van der Waals surface area contributed by atoms with Gasteiger partial charge in [0.25, 0.3) is 5.91 Å². The fraction of sp³-hybridized carbons (Fsp3) is 0.250. The fourth-order valence-electron chi connectivity index (χ4n) is 4.77. The van der Waals surface area contributed by atoms with Crippen molar-refractivity contribution in [2.24, 2.45) is 0 Å². The molecule has 2 N–H and O–H groups in total. The lowest BCUT2D eigenvalue weighted by molar-refractivity contribution is -0.121. The zero-order chi connectivity index (χ0) is 27.3. The number of unbranched alkanes of at least 4 members (excludes halogenated alkanes) is 2. The van der Waals surface area contributed by atoms with Gasteiger partial charge in [0.2, 0.25) is 11.9 Å². The number of rotatable bonds is 11. The monoisotopic (exact) mass is 549 g/mol. The minimum atomic E-state index is -0.215. The fourth-order valence-corrected chi connectivity index (χ4v) is 5.43. The van der Waals surface area contributed by atoms with Gasteiger partial charge in [0.15, 0.2) is 0 Å². The molecule has 1 fully saturated rings. The van der Waals surface area contributed by atoms with Crippen molar-refractivity contribution in [3.8, 4) is 16.8 Å². The molecule has 8 heteroatoms. The number of carbonyl (C=O) groups excluding carboxylic acids is 2. The molecule has 0 unspecified atom stereocenters. The zero-order valence-electron chi connectivity index (χ0n) is 22.2. The van der Waals surface area contributed by atoms with E-state index in [0.29, 0.717) is 24.0 Å². The number of amides is 2. The summed E-state index contributed by atoms with van der Waals surface area (Å²) in [5.41, 5.74) is 7.17. The van der Waals surface area contributed by atoms with Gasteiger partial charge in [0, 0.05) is 29.9 Å². The van der Waals surface area contributed by atoms with Crippen LogP contribution in [0.3, 0.4) is 0 Å². The lowest BCUT2D eigenvalue weighted by atomic mass is 10.0. The van der Waals surface area contributed by atoms with Crippen molar-refractivity contribution in [2.75, 3.05) is 5.32 Å². The second-order valence-electron chi connectivity index (χ2n) is 10.2. The molecular weight excluding hydrogens is 518 g/mol. The predicted molar refractivity (Wildman–Crippen MR) is 160 cm³/mol. The van der Waals surface area contributed by atoms with Gasteiger partial charge < -0.3 is 5.32 Å². The lowest BCUT2D eigenvalue weighted by Gasteiger charge is -2.10. The summed E-state index contributed by atoms with van der Waals surface area (Å²) in [6, 6.07) is 24.1. The van der Waals surface area contributed by atoms with Gasteiger partial charge in [-0.05, 0) is 79.6 Å². The van der Waals surface area contributed by atoms with Crippen molar-refractivity contribution >= 4 is 39.3 Å². The summed E-state index contributed by atoms with van der Waals surface area (Å²) in [4.78, 5) is 34.5. The third-order valence-electron chi connectivity index (χ3n) is 7.08. The van der Waals surface area contributed by atoms with E-state index in [4.69, 9.17) is 4.98 Å². The Labute approximate surface area is 237 Å². The maximum absolute atomic E-state index is 13.4. The summed E-state index contributed by atoms with van der Waals surface area (Å²) in [5, 5.41) is 6.08. The van der Waals surface area contributed by atoms with Gasteiger partial charge in [-0.15, -0.1) is 11.3 Å². The van der Waals surface area contributed by atoms with Crippen LogP contribution in [0.15, 0.2) is 84.5 Å². The number of carbonyl (C=O) groups is 2. The highest BCUT2D eigenvalue weighted by Crippen LogP contribution is 2.27. The Morgan fingerprint density at radius 2 is 1.77 bits per heavy atom. The Morgan fingerprint density at radius 3 is 2.62 bits per heavy atom. The normalized spacial score (nSPS) is 12.9. The zero-order valence-corrected chi connectivity index (χ0v) is 23.0. The van der Waals surface area contributed by atoms with E-state index in [1.165, 1.54) is 0 Å². The molecule has 6 rings (SSSR count). The standard InChI is InChI=1S/C32H31N5O2S/c38-30(34-25-15-16-25)13-6-1-3-10-26-20-37(27-11-4-2-5-12-27)32(35-26)36-31(39)24-9-7-8-22(18-24)23-14-17-29-28(19-23)33-21-40-29/h2,4-5,7-9,11-12,14,17-21,25H,1,3,6,10,13,15-16H2,(H,34,38)(H,35,36,39). The van der Waals surface area contributed by atoms with Crippen LogP contribution >= 0.6 is 11.3 Å². The molecule has 1 aliphatic carbocycles. The van der Waals surface area contributed by atoms with Gasteiger partial charge in [-0.1, -0.05) is 42.8 Å². The van der Waals surface area contributed by atoms with Crippen LogP contribution < -0.4 is 10.6 Å². The van der Waals surface area contributed by atoms with E-state index in [0.717, 1.165) is 71.2 Å². The van der Waals surface area contributed by atoms with Crippen molar-refractivity contribution in [2.45, 2.75) is 51.0 Å². The topological polar surface area (TPSA) is 88.9 Å². The van der Waals surface area contributed by atoms with Gasteiger partial charge in [-0.2, -0.15) is 0 Å². The van der Waals surface area contributed by atoms with Crippen molar-refractivity contribution < 1.29 is 9.59 Å². The summed E-state index contributed by atoms with van der Waals surface area (Å²) in [6.07, 6.45) is 8.33. The third kappa shape index (κ3) is 6.29. The largest absolute Gasteiger partial charge is 0.353 e. The number of aryl methyl sites for hydroxylation is 1. The number of anilines is 1. The van der Waals surface area contributed by atoms with Crippen LogP contribution in [0.2, 0.25) is 0 Å². The highest BCUT2D eigenvalue weighted by molar-refractivity contribution is 7.16. The molecule has 2 heterocycles. The number of hydrogen-bond acceptors (Lipinski definition) is 5.